The number of Topliss-reactive ketones (excluding diaryl/α,β-unsaturated/α-hetero) is 1. The summed E-state index contributed by atoms with van der Waals surface area (Å²) < 4.78 is 0. The van der Waals surface area contributed by atoms with Crippen molar-refractivity contribution in [2.45, 2.75) is 25.7 Å². The summed E-state index contributed by atoms with van der Waals surface area (Å²) in [5.74, 6) is -1.13. The molecule has 6 heteroatoms. The molecule has 0 aromatic heterocycles. The van der Waals surface area contributed by atoms with Gasteiger partial charge in [-0.2, -0.15) is 0 Å². The molecule has 2 atom stereocenters. The summed E-state index contributed by atoms with van der Waals surface area (Å²) in [4.78, 5) is 32.9. The highest BCUT2D eigenvalue weighted by atomic mass is 16.6. The zero-order valence-corrected chi connectivity index (χ0v) is 10.8. The summed E-state index contributed by atoms with van der Waals surface area (Å²) >= 11 is 0. The van der Waals surface area contributed by atoms with Crippen LogP contribution in [-0.4, -0.2) is 21.8 Å². The summed E-state index contributed by atoms with van der Waals surface area (Å²) in [5.41, 5.74) is 0.391. The molecular weight excluding hydrogens is 262 g/mol. The van der Waals surface area contributed by atoms with E-state index in [1.165, 1.54) is 24.3 Å². The average molecular weight is 277 g/mol. The maximum absolute atomic E-state index is 12.0. The standard InChI is InChI=1S/C14H15NO5/c16-13(8-9-1-2-11(7-9)14(17)18)10-3-5-12(6-4-10)15(19)20/h3-6,9,11H,1-2,7-8H2,(H,17,18). The smallest absolute Gasteiger partial charge is 0.306 e. The molecule has 0 heterocycles. The first kappa shape index (κ1) is 14.2. The highest BCUT2D eigenvalue weighted by Crippen LogP contribution is 2.34. The predicted molar refractivity (Wildman–Crippen MR) is 70.5 cm³/mol. The number of carbonyl (C=O) groups excluding carboxylic acids is 1. The Balaban J connectivity index is 1.95. The minimum Gasteiger partial charge on any atom is -0.481 e. The lowest BCUT2D eigenvalue weighted by Crippen LogP contribution is -2.11. The van der Waals surface area contributed by atoms with Crippen molar-refractivity contribution in [2.24, 2.45) is 11.8 Å². The zero-order valence-electron chi connectivity index (χ0n) is 10.8. The molecular formula is C14H15NO5. The van der Waals surface area contributed by atoms with Crippen molar-refractivity contribution in [3.8, 4) is 0 Å². The molecule has 1 aromatic rings. The first-order valence-corrected chi connectivity index (χ1v) is 6.48. The van der Waals surface area contributed by atoms with Crippen LogP contribution < -0.4 is 0 Å². The topological polar surface area (TPSA) is 97.5 Å². The lowest BCUT2D eigenvalue weighted by molar-refractivity contribution is -0.384. The van der Waals surface area contributed by atoms with Gasteiger partial charge in [0.05, 0.1) is 10.8 Å². The average Bonchev–Trinajstić information content (AvgIpc) is 2.87. The van der Waals surface area contributed by atoms with E-state index < -0.39 is 10.9 Å². The number of hydrogen-bond donors (Lipinski definition) is 1. The Kier molecular flexibility index (Phi) is 4.12. The number of ketones is 1. The van der Waals surface area contributed by atoms with E-state index in [-0.39, 0.29) is 23.3 Å². The van der Waals surface area contributed by atoms with Gasteiger partial charge in [0.1, 0.15) is 0 Å². The molecule has 2 rings (SSSR count). The fourth-order valence-electron chi connectivity index (χ4n) is 2.63. The van der Waals surface area contributed by atoms with Gasteiger partial charge in [-0.05, 0) is 37.3 Å². The number of nitro groups is 1. The number of carboxylic acids is 1. The third-order valence-corrected chi connectivity index (χ3v) is 3.76. The molecule has 1 fully saturated rings. The highest BCUT2D eigenvalue weighted by molar-refractivity contribution is 5.96. The molecule has 1 aliphatic carbocycles. The van der Waals surface area contributed by atoms with Crippen molar-refractivity contribution in [3.05, 3.63) is 39.9 Å². The van der Waals surface area contributed by atoms with E-state index in [0.29, 0.717) is 24.8 Å². The molecule has 0 saturated heterocycles. The van der Waals surface area contributed by atoms with Crippen LogP contribution in [0.15, 0.2) is 24.3 Å². The van der Waals surface area contributed by atoms with Crippen molar-refractivity contribution >= 4 is 17.4 Å². The quantitative estimate of drug-likeness (QED) is 0.507. The molecule has 0 aliphatic heterocycles. The van der Waals surface area contributed by atoms with Crippen molar-refractivity contribution in [2.75, 3.05) is 0 Å². The fraction of sp³-hybridized carbons (Fsp3) is 0.429. The number of nitro benzene ring substituents is 1. The van der Waals surface area contributed by atoms with Crippen molar-refractivity contribution in [1.82, 2.24) is 0 Å². The normalized spacial score (nSPS) is 21.6. The highest BCUT2D eigenvalue weighted by Gasteiger charge is 2.30. The van der Waals surface area contributed by atoms with E-state index in [4.69, 9.17) is 5.11 Å². The summed E-state index contributed by atoms with van der Waals surface area (Å²) in [6.45, 7) is 0. The molecule has 1 N–H and O–H groups in total. The van der Waals surface area contributed by atoms with Crippen LogP contribution in [0.25, 0.3) is 0 Å². The van der Waals surface area contributed by atoms with E-state index in [0.717, 1.165) is 6.42 Å². The van der Waals surface area contributed by atoms with Gasteiger partial charge in [-0.3, -0.25) is 19.7 Å². The van der Waals surface area contributed by atoms with Crippen molar-refractivity contribution < 1.29 is 19.6 Å². The second kappa shape index (κ2) is 5.81. The molecule has 1 aliphatic rings. The Labute approximate surface area is 115 Å². The lowest BCUT2D eigenvalue weighted by Gasteiger charge is -2.08. The van der Waals surface area contributed by atoms with Gasteiger partial charge in [-0.25, -0.2) is 0 Å². The maximum atomic E-state index is 12.0. The summed E-state index contributed by atoms with van der Waals surface area (Å²) in [6.07, 6.45) is 2.21. The minimum absolute atomic E-state index is 0.0478. The van der Waals surface area contributed by atoms with Crippen LogP contribution in [0.1, 0.15) is 36.0 Å². The van der Waals surface area contributed by atoms with Gasteiger partial charge in [0, 0.05) is 24.1 Å². The van der Waals surface area contributed by atoms with Gasteiger partial charge in [0.2, 0.25) is 0 Å². The van der Waals surface area contributed by atoms with Crippen LogP contribution in [0.5, 0.6) is 0 Å². The van der Waals surface area contributed by atoms with Gasteiger partial charge in [-0.1, -0.05) is 0 Å². The Morgan fingerprint density at radius 3 is 2.40 bits per heavy atom. The number of benzene rings is 1. The number of nitrogens with zero attached hydrogens (tertiary/aromatic N) is 1. The molecule has 6 nitrogen and oxygen atoms in total. The molecule has 0 bridgehead atoms. The first-order chi connectivity index (χ1) is 9.47. The largest absolute Gasteiger partial charge is 0.481 e. The number of non-ortho nitro benzene ring substituents is 1. The molecule has 0 radical (unpaired) electrons. The summed E-state index contributed by atoms with van der Waals surface area (Å²) in [5, 5.41) is 19.4. The van der Waals surface area contributed by atoms with Gasteiger partial charge < -0.3 is 5.11 Å². The third-order valence-electron chi connectivity index (χ3n) is 3.76. The minimum atomic E-state index is -0.796. The van der Waals surface area contributed by atoms with Crippen LogP contribution in [0.2, 0.25) is 0 Å². The molecule has 106 valence electrons. The summed E-state index contributed by atoms with van der Waals surface area (Å²) in [7, 11) is 0. The molecule has 0 amide bonds. The van der Waals surface area contributed by atoms with Crippen LogP contribution in [-0.2, 0) is 4.79 Å². The van der Waals surface area contributed by atoms with E-state index in [1.807, 2.05) is 0 Å². The number of rotatable bonds is 5. The molecule has 1 aromatic carbocycles. The van der Waals surface area contributed by atoms with Gasteiger partial charge in [-0.15, -0.1) is 0 Å². The van der Waals surface area contributed by atoms with Crippen molar-refractivity contribution in [3.63, 3.8) is 0 Å². The molecule has 20 heavy (non-hydrogen) atoms. The maximum Gasteiger partial charge on any atom is 0.306 e. The van der Waals surface area contributed by atoms with E-state index in [2.05, 4.69) is 0 Å². The van der Waals surface area contributed by atoms with Crippen LogP contribution in [0, 0.1) is 22.0 Å². The number of carboxylic acid groups (broad SMARTS) is 1. The molecule has 2 unspecified atom stereocenters. The zero-order chi connectivity index (χ0) is 14.7. The van der Waals surface area contributed by atoms with Gasteiger partial charge >= 0.3 is 5.97 Å². The Morgan fingerprint density at radius 1 is 1.25 bits per heavy atom. The third kappa shape index (κ3) is 3.20. The molecule has 1 saturated carbocycles. The van der Waals surface area contributed by atoms with Gasteiger partial charge in [0.15, 0.2) is 5.78 Å². The van der Waals surface area contributed by atoms with Crippen LogP contribution in [0.4, 0.5) is 5.69 Å². The first-order valence-electron chi connectivity index (χ1n) is 6.48. The number of aliphatic carboxylic acids is 1. The van der Waals surface area contributed by atoms with Crippen LogP contribution >= 0.6 is 0 Å². The Bertz CT molecular complexity index is 537. The van der Waals surface area contributed by atoms with Crippen LogP contribution in [0.3, 0.4) is 0 Å². The summed E-state index contributed by atoms with van der Waals surface area (Å²) in [6, 6.07) is 5.51. The Hall–Kier alpha value is -2.24. The molecule has 0 spiro atoms. The monoisotopic (exact) mass is 277 g/mol. The lowest BCUT2D eigenvalue weighted by atomic mass is 9.96. The second-order valence-corrected chi connectivity index (χ2v) is 5.15. The number of hydrogen-bond acceptors (Lipinski definition) is 4. The predicted octanol–water partition coefficient (Wildman–Crippen LogP) is 2.67. The SMILES string of the molecule is O=C(CC1CCC(C(=O)O)C1)c1ccc([N+](=O)[O-])cc1. The van der Waals surface area contributed by atoms with Crippen molar-refractivity contribution in [1.29, 1.82) is 0 Å². The number of carbonyl (C=O) groups is 2. The van der Waals surface area contributed by atoms with E-state index >= 15 is 0 Å². The van der Waals surface area contributed by atoms with E-state index in [1.54, 1.807) is 0 Å². The fourth-order valence-corrected chi connectivity index (χ4v) is 2.63. The Morgan fingerprint density at radius 2 is 1.90 bits per heavy atom. The second-order valence-electron chi connectivity index (χ2n) is 5.15. The van der Waals surface area contributed by atoms with E-state index in [9.17, 15) is 19.7 Å². The van der Waals surface area contributed by atoms with Gasteiger partial charge in [0.25, 0.3) is 5.69 Å².